The van der Waals surface area contributed by atoms with Gasteiger partial charge in [0, 0.05) is 52.2 Å². The monoisotopic (exact) mass is 422 g/mol. The molecule has 2 heterocycles. The molecule has 2 aromatic rings. The maximum Gasteiger partial charge on any atom is 0.193 e. The largest absolute Gasteiger partial charge is 0.497 e. The van der Waals surface area contributed by atoms with Crippen LogP contribution in [0.25, 0.3) is 0 Å². The lowest BCUT2D eigenvalue weighted by Crippen LogP contribution is -2.39. The Morgan fingerprint density at radius 2 is 1.74 bits per heavy atom. The van der Waals surface area contributed by atoms with Crippen molar-refractivity contribution in [2.45, 2.75) is 25.4 Å². The predicted molar refractivity (Wildman–Crippen MR) is 125 cm³/mol. The number of hydrogen-bond donors (Lipinski definition) is 1. The van der Waals surface area contributed by atoms with Crippen LogP contribution in [0.3, 0.4) is 0 Å². The molecule has 0 saturated carbocycles. The Hall–Kier alpha value is -2.57. The maximum atomic E-state index is 5.43. The van der Waals surface area contributed by atoms with Crippen molar-refractivity contribution in [1.29, 1.82) is 0 Å². The molecular formula is C25H34N4O2. The zero-order chi connectivity index (χ0) is 21.5. The molecule has 2 aliphatic rings. The summed E-state index contributed by atoms with van der Waals surface area (Å²) in [6.45, 7) is 7.53. The van der Waals surface area contributed by atoms with Gasteiger partial charge in [-0.3, -0.25) is 9.89 Å². The Bertz CT molecular complexity index is 845. The number of likely N-dealkylation sites (tertiary alicyclic amines) is 1. The van der Waals surface area contributed by atoms with E-state index in [1.54, 1.807) is 7.11 Å². The van der Waals surface area contributed by atoms with Crippen LogP contribution in [0.4, 0.5) is 0 Å². The lowest BCUT2D eigenvalue weighted by atomic mass is 9.98. The van der Waals surface area contributed by atoms with E-state index >= 15 is 0 Å². The molecule has 31 heavy (non-hydrogen) atoms. The summed E-state index contributed by atoms with van der Waals surface area (Å²) in [5, 5.41) is 3.55. The van der Waals surface area contributed by atoms with Crippen molar-refractivity contribution in [3.05, 3.63) is 65.2 Å². The van der Waals surface area contributed by atoms with Gasteiger partial charge >= 0.3 is 0 Å². The number of nitrogens with one attached hydrogen (secondary N) is 1. The molecule has 6 heteroatoms. The molecule has 0 bridgehead atoms. The van der Waals surface area contributed by atoms with E-state index in [4.69, 9.17) is 9.47 Å². The summed E-state index contributed by atoms with van der Waals surface area (Å²) in [6.07, 6.45) is 1.14. The molecule has 4 rings (SSSR count). The minimum atomic E-state index is 0.531. The van der Waals surface area contributed by atoms with Gasteiger partial charge in [0.05, 0.1) is 20.3 Å². The molecule has 0 aliphatic carbocycles. The fourth-order valence-electron chi connectivity index (χ4n) is 4.39. The van der Waals surface area contributed by atoms with E-state index in [1.165, 1.54) is 16.7 Å². The Morgan fingerprint density at radius 1 is 1.03 bits per heavy atom. The molecule has 2 saturated heterocycles. The first kappa shape index (κ1) is 21.7. The van der Waals surface area contributed by atoms with E-state index in [9.17, 15) is 0 Å². The van der Waals surface area contributed by atoms with Crippen LogP contribution in [-0.4, -0.2) is 69.3 Å². The second-order valence-corrected chi connectivity index (χ2v) is 8.31. The molecule has 1 atom stereocenters. The minimum absolute atomic E-state index is 0.531. The van der Waals surface area contributed by atoms with Crippen LogP contribution < -0.4 is 10.1 Å². The standard InChI is InChI=1S/C25H34N4O2/c1-26-25(29-12-11-23(19-29)22-7-9-24(30-2)10-8-22)27-17-20-3-5-21(6-4-20)18-28-13-15-31-16-14-28/h3-10,23H,11-19H2,1-2H3,(H,26,27). The second kappa shape index (κ2) is 10.6. The summed E-state index contributed by atoms with van der Waals surface area (Å²) in [4.78, 5) is 9.34. The van der Waals surface area contributed by atoms with Gasteiger partial charge in [0.2, 0.25) is 0 Å². The van der Waals surface area contributed by atoms with E-state index < -0.39 is 0 Å². The third kappa shape index (κ3) is 5.77. The van der Waals surface area contributed by atoms with Crippen molar-refractivity contribution >= 4 is 5.96 Å². The number of ether oxygens (including phenoxy) is 2. The lowest BCUT2D eigenvalue weighted by molar-refractivity contribution is 0.0342. The topological polar surface area (TPSA) is 49.3 Å². The van der Waals surface area contributed by atoms with Crippen molar-refractivity contribution < 1.29 is 9.47 Å². The molecule has 1 unspecified atom stereocenters. The predicted octanol–water partition coefficient (Wildman–Crippen LogP) is 3.09. The Labute approximate surface area is 185 Å². The van der Waals surface area contributed by atoms with Crippen LogP contribution >= 0.6 is 0 Å². The third-order valence-corrected chi connectivity index (χ3v) is 6.27. The highest BCUT2D eigenvalue weighted by molar-refractivity contribution is 5.80. The molecular weight excluding hydrogens is 388 g/mol. The van der Waals surface area contributed by atoms with Gasteiger partial charge in [-0.25, -0.2) is 0 Å². The zero-order valence-corrected chi connectivity index (χ0v) is 18.7. The van der Waals surface area contributed by atoms with E-state index in [0.29, 0.717) is 5.92 Å². The molecule has 0 radical (unpaired) electrons. The van der Waals surface area contributed by atoms with E-state index in [1.807, 2.05) is 19.2 Å². The van der Waals surface area contributed by atoms with Gasteiger partial charge in [-0.15, -0.1) is 0 Å². The van der Waals surface area contributed by atoms with Gasteiger partial charge in [0.25, 0.3) is 0 Å². The lowest BCUT2D eigenvalue weighted by Gasteiger charge is -2.26. The molecule has 0 spiro atoms. The first-order chi connectivity index (χ1) is 15.2. The number of hydrogen-bond acceptors (Lipinski definition) is 4. The SMILES string of the molecule is CN=C(NCc1ccc(CN2CCOCC2)cc1)N1CCC(c2ccc(OC)cc2)C1. The summed E-state index contributed by atoms with van der Waals surface area (Å²) < 4.78 is 10.7. The molecule has 2 fully saturated rings. The summed E-state index contributed by atoms with van der Waals surface area (Å²) in [5.41, 5.74) is 4.00. The molecule has 2 aliphatic heterocycles. The molecule has 0 aromatic heterocycles. The van der Waals surface area contributed by atoms with Gasteiger partial charge in [0.15, 0.2) is 5.96 Å². The van der Waals surface area contributed by atoms with Gasteiger partial charge < -0.3 is 19.7 Å². The van der Waals surface area contributed by atoms with Crippen molar-refractivity contribution in [2.75, 3.05) is 53.6 Å². The van der Waals surface area contributed by atoms with Crippen molar-refractivity contribution in [1.82, 2.24) is 15.1 Å². The number of benzene rings is 2. The average Bonchev–Trinajstić information content (AvgIpc) is 3.31. The number of guanidine groups is 1. The highest BCUT2D eigenvalue weighted by atomic mass is 16.5. The van der Waals surface area contributed by atoms with Crippen molar-refractivity contribution in [3.63, 3.8) is 0 Å². The van der Waals surface area contributed by atoms with Crippen LogP contribution in [0.2, 0.25) is 0 Å². The normalized spacial score (nSPS) is 20.1. The van der Waals surface area contributed by atoms with Crippen LogP contribution in [-0.2, 0) is 17.8 Å². The van der Waals surface area contributed by atoms with Crippen LogP contribution in [0.1, 0.15) is 29.0 Å². The molecule has 2 aromatic carbocycles. The summed E-state index contributed by atoms with van der Waals surface area (Å²) in [7, 11) is 3.58. The Kier molecular flexibility index (Phi) is 7.43. The van der Waals surface area contributed by atoms with Gasteiger partial charge in [-0.1, -0.05) is 36.4 Å². The number of nitrogens with zero attached hydrogens (tertiary/aromatic N) is 3. The molecule has 1 N–H and O–H groups in total. The summed E-state index contributed by atoms with van der Waals surface area (Å²) in [6, 6.07) is 17.4. The fraction of sp³-hybridized carbons (Fsp3) is 0.480. The van der Waals surface area contributed by atoms with Crippen LogP contribution in [0.5, 0.6) is 5.75 Å². The number of morpholine rings is 1. The summed E-state index contributed by atoms with van der Waals surface area (Å²) >= 11 is 0. The molecule has 6 nitrogen and oxygen atoms in total. The first-order valence-corrected chi connectivity index (χ1v) is 11.2. The van der Waals surface area contributed by atoms with E-state index in [-0.39, 0.29) is 0 Å². The van der Waals surface area contributed by atoms with Crippen LogP contribution in [0, 0.1) is 0 Å². The molecule has 166 valence electrons. The van der Waals surface area contributed by atoms with Gasteiger partial charge in [0.1, 0.15) is 5.75 Å². The first-order valence-electron chi connectivity index (χ1n) is 11.2. The van der Waals surface area contributed by atoms with Crippen LogP contribution in [0.15, 0.2) is 53.5 Å². The second-order valence-electron chi connectivity index (χ2n) is 8.31. The number of methoxy groups -OCH3 is 1. The Morgan fingerprint density at radius 3 is 2.42 bits per heavy atom. The smallest absolute Gasteiger partial charge is 0.193 e. The molecule has 0 amide bonds. The van der Waals surface area contributed by atoms with Gasteiger partial charge in [-0.05, 0) is 35.2 Å². The minimum Gasteiger partial charge on any atom is -0.497 e. The maximum absolute atomic E-state index is 5.43. The summed E-state index contributed by atoms with van der Waals surface area (Å²) in [5.74, 6) is 2.42. The average molecular weight is 423 g/mol. The third-order valence-electron chi connectivity index (χ3n) is 6.27. The van der Waals surface area contributed by atoms with E-state index in [0.717, 1.165) is 70.6 Å². The fourth-order valence-corrected chi connectivity index (χ4v) is 4.39. The number of aliphatic imine (C=N–C) groups is 1. The number of rotatable bonds is 6. The highest BCUT2D eigenvalue weighted by Crippen LogP contribution is 2.28. The highest BCUT2D eigenvalue weighted by Gasteiger charge is 2.26. The van der Waals surface area contributed by atoms with Gasteiger partial charge in [-0.2, -0.15) is 0 Å². The van der Waals surface area contributed by atoms with Crippen molar-refractivity contribution in [3.8, 4) is 5.75 Å². The van der Waals surface area contributed by atoms with E-state index in [2.05, 4.69) is 56.5 Å². The zero-order valence-electron chi connectivity index (χ0n) is 18.7. The van der Waals surface area contributed by atoms with Crippen molar-refractivity contribution in [2.24, 2.45) is 4.99 Å². The quantitative estimate of drug-likeness (QED) is 0.573. The Balaban J connectivity index is 1.27.